The lowest BCUT2D eigenvalue weighted by molar-refractivity contribution is -0.160. The summed E-state index contributed by atoms with van der Waals surface area (Å²) in [7, 11) is -1.25. The minimum Gasteiger partial charge on any atom is -0.493 e. The van der Waals surface area contributed by atoms with Crippen molar-refractivity contribution in [2.75, 3.05) is 17.1 Å². The predicted molar refractivity (Wildman–Crippen MR) is 133 cm³/mol. The third kappa shape index (κ3) is 5.95. The number of carbonyl (C=O) groups is 1. The highest BCUT2D eigenvalue weighted by atomic mass is 32.2. The molecule has 2 unspecified atom stereocenters. The van der Waals surface area contributed by atoms with Crippen LogP contribution in [0.5, 0.6) is 5.75 Å². The van der Waals surface area contributed by atoms with Crippen LogP contribution in [0.15, 0.2) is 24.3 Å². The molecule has 0 aliphatic carbocycles. The minimum absolute atomic E-state index is 0.515. The van der Waals surface area contributed by atoms with Gasteiger partial charge in [-0.15, -0.1) is 0 Å². The van der Waals surface area contributed by atoms with E-state index in [0.717, 1.165) is 52.8 Å². The van der Waals surface area contributed by atoms with E-state index in [-0.39, 0.29) is 0 Å². The average Bonchev–Trinajstić information content (AvgIpc) is 2.73. The quantitative estimate of drug-likeness (QED) is 0.512. The molecular weight excluding hydrogens is 438 g/mol. The van der Waals surface area contributed by atoms with Crippen LogP contribution in [0.3, 0.4) is 0 Å². The molecule has 0 fully saturated rings. The minimum atomic E-state index is -1.25. The highest BCUT2D eigenvalue weighted by Gasteiger charge is 2.32. The van der Waals surface area contributed by atoms with Crippen LogP contribution in [0.25, 0.3) is 11.1 Å². The maximum Gasteiger partial charge on any atom is 0.337 e. The molecule has 180 valence electrons. The fourth-order valence-corrected chi connectivity index (χ4v) is 5.15. The molecule has 0 amide bonds. The van der Waals surface area contributed by atoms with Gasteiger partial charge in [-0.3, -0.25) is 0 Å². The number of anilines is 1. The number of aliphatic carboxylic acids is 1. The van der Waals surface area contributed by atoms with Gasteiger partial charge >= 0.3 is 5.97 Å². The van der Waals surface area contributed by atoms with Gasteiger partial charge in [0.2, 0.25) is 0 Å². The molecular formula is C26H35NO5S. The number of carboxylic acids is 1. The van der Waals surface area contributed by atoms with Gasteiger partial charge in [0.15, 0.2) is 6.10 Å². The van der Waals surface area contributed by atoms with Crippen LogP contribution in [0, 0.1) is 13.8 Å². The molecule has 2 aromatic rings. The summed E-state index contributed by atoms with van der Waals surface area (Å²) in [6.07, 6.45) is 1.49. The Hall–Kier alpha value is -2.38. The van der Waals surface area contributed by atoms with Crippen LogP contribution in [0.2, 0.25) is 0 Å². The van der Waals surface area contributed by atoms with Gasteiger partial charge in [-0.2, -0.15) is 0 Å². The van der Waals surface area contributed by atoms with Crippen molar-refractivity contribution in [1.29, 1.82) is 0 Å². The number of carboxylic acid groups (broad SMARTS) is 1. The summed E-state index contributed by atoms with van der Waals surface area (Å²) in [6, 6.07) is 7.99. The number of nitrogens with one attached hydrogen (secondary N) is 1. The van der Waals surface area contributed by atoms with Crippen molar-refractivity contribution in [2.45, 2.75) is 72.5 Å². The number of ether oxygens (including phenoxy) is 2. The highest BCUT2D eigenvalue weighted by Crippen LogP contribution is 2.42. The molecule has 0 saturated heterocycles. The van der Waals surface area contributed by atoms with Gasteiger partial charge in [0, 0.05) is 17.0 Å². The van der Waals surface area contributed by atoms with Crippen molar-refractivity contribution in [2.24, 2.45) is 0 Å². The lowest BCUT2D eigenvalue weighted by Crippen LogP contribution is -2.28. The number of hydrogen-bond donors (Lipinski definition) is 2. The molecule has 0 spiro atoms. The summed E-state index contributed by atoms with van der Waals surface area (Å²) >= 11 is 0. The number of benzene rings is 2. The Labute approximate surface area is 199 Å². The van der Waals surface area contributed by atoms with Crippen molar-refractivity contribution in [3.05, 3.63) is 46.5 Å². The standard InChI is InChI=1S/C26H35NO5S/c1-7-13-33(30)27-20-14-16(2)22(19-10-11-21-18(15-19)9-8-12-31-21)23(17(20)3)24(25(28)29)32-26(4,5)6/h10-11,14-15,24,27H,7-9,12-13H2,1-6H3,(H,28,29). The van der Waals surface area contributed by atoms with E-state index in [9.17, 15) is 14.1 Å². The largest absolute Gasteiger partial charge is 0.493 e. The van der Waals surface area contributed by atoms with E-state index in [0.29, 0.717) is 23.6 Å². The Morgan fingerprint density at radius 3 is 2.64 bits per heavy atom. The van der Waals surface area contributed by atoms with Crippen LogP contribution in [-0.2, 0) is 26.9 Å². The maximum absolute atomic E-state index is 12.5. The van der Waals surface area contributed by atoms with Gasteiger partial charge in [-0.25, -0.2) is 9.00 Å². The van der Waals surface area contributed by atoms with Crippen LogP contribution in [-0.4, -0.2) is 33.2 Å². The third-order valence-corrected chi connectivity index (χ3v) is 6.83. The Kier molecular flexibility index (Phi) is 7.85. The first-order chi connectivity index (χ1) is 15.5. The zero-order valence-electron chi connectivity index (χ0n) is 20.4. The Balaban J connectivity index is 2.24. The average molecular weight is 474 g/mol. The summed E-state index contributed by atoms with van der Waals surface area (Å²) in [5.74, 6) is 0.345. The zero-order chi connectivity index (χ0) is 24.3. The van der Waals surface area contributed by atoms with Gasteiger partial charge in [0.05, 0.1) is 12.2 Å². The molecule has 7 heteroatoms. The number of fused-ring (bicyclic) bond motifs is 1. The van der Waals surface area contributed by atoms with Gasteiger partial charge in [-0.05, 0) is 99.9 Å². The molecule has 6 nitrogen and oxygen atoms in total. The van der Waals surface area contributed by atoms with Crippen molar-refractivity contribution >= 4 is 22.6 Å². The second-order valence-electron chi connectivity index (χ2n) is 9.53. The third-order valence-electron chi connectivity index (χ3n) is 5.60. The molecule has 3 rings (SSSR count). The first-order valence-corrected chi connectivity index (χ1v) is 12.8. The second kappa shape index (κ2) is 10.3. The number of rotatable bonds is 8. The molecule has 0 radical (unpaired) electrons. The maximum atomic E-state index is 12.5. The van der Waals surface area contributed by atoms with Gasteiger partial charge in [0.1, 0.15) is 16.7 Å². The predicted octanol–water partition coefficient (Wildman–Crippen LogP) is 5.72. The van der Waals surface area contributed by atoms with E-state index in [1.165, 1.54) is 0 Å². The summed E-state index contributed by atoms with van der Waals surface area (Å²) in [5.41, 5.74) is 5.10. The Morgan fingerprint density at radius 2 is 2.00 bits per heavy atom. The van der Waals surface area contributed by atoms with Crippen LogP contribution in [0.1, 0.15) is 68.9 Å². The lowest BCUT2D eigenvalue weighted by atomic mass is 9.86. The van der Waals surface area contributed by atoms with Crippen molar-refractivity contribution < 1.29 is 23.6 Å². The first-order valence-electron chi connectivity index (χ1n) is 11.5. The van der Waals surface area contributed by atoms with Crippen molar-refractivity contribution in [3.63, 3.8) is 0 Å². The molecule has 1 heterocycles. The van der Waals surface area contributed by atoms with Crippen molar-refractivity contribution in [3.8, 4) is 16.9 Å². The highest BCUT2D eigenvalue weighted by molar-refractivity contribution is 7.86. The van der Waals surface area contributed by atoms with Crippen molar-refractivity contribution in [1.82, 2.24) is 0 Å². The van der Waals surface area contributed by atoms with Gasteiger partial charge in [-0.1, -0.05) is 13.0 Å². The molecule has 0 aromatic heterocycles. The van der Waals surface area contributed by atoms with Gasteiger partial charge in [0.25, 0.3) is 0 Å². The normalized spacial score (nSPS) is 15.3. The van der Waals surface area contributed by atoms with E-state index < -0.39 is 28.7 Å². The molecule has 2 atom stereocenters. The van der Waals surface area contributed by atoms with E-state index >= 15 is 0 Å². The second-order valence-corrected chi connectivity index (χ2v) is 10.8. The van der Waals surface area contributed by atoms with E-state index in [1.807, 2.05) is 59.7 Å². The van der Waals surface area contributed by atoms with E-state index in [4.69, 9.17) is 9.47 Å². The lowest BCUT2D eigenvalue weighted by Gasteiger charge is -2.30. The fraction of sp³-hybridized carbons (Fsp3) is 0.500. The molecule has 2 N–H and O–H groups in total. The monoisotopic (exact) mass is 473 g/mol. The van der Waals surface area contributed by atoms with Crippen LogP contribution < -0.4 is 9.46 Å². The molecule has 0 bridgehead atoms. The Bertz CT molecular complexity index is 1060. The zero-order valence-corrected chi connectivity index (χ0v) is 21.2. The summed E-state index contributed by atoms with van der Waals surface area (Å²) in [6.45, 7) is 12.1. The Morgan fingerprint density at radius 1 is 1.27 bits per heavy atom. The molecule has 1 aliphatic heterocycles. The van der Waals surface area contributed by atoms with Crippen LogP contribution >= 0.6 is 0 Å². The van der Waals surface area contributed by atoms with E-state index in [2.05, 4.69) is 10.8 Å². The topological polar surface area (TPSA) is 84.9 Å². The smallest absolute Gasteiger partial charge is 0.337 e. The number of hydrogen-bond acceptors (Lipinski definition) is 4. The molecule has 1 aliphatic rings. The fourth-order valence-electron chi connectivity index (χ4n) is 4.22. The molecule has 33 heavy (non-hydrogen) atoms. The SMILES string of the molecule is CCCS(=O)Nc1cc(C)c(-c2ccc3c(c2)CCCO3)c(C(OC(C)(C)C)C(=O)O)c1C. The van der Waals surface area contributed by atoms with Crippen LogP contribution in [0.4, 0.5) is 5.69 Å². The molecule has 0 saturated carbocycles. The number of aryl methyl sites for hydroxylation is 2. The summed E-state index contributed by atoms with van der Waals surface area (Å²) < 4.78 is 27.4. The first kappa shape index (κ1) is 25.2. The van der Waals surface area contributed by atoms with Gasteiger partial charge < -0.3 is 19.3 Å². The summed E-state index contributed by atoms with van der Waals surface area (Å²) in [4.78, 5) is 12.5. The summed E-state index contributed by atoms with van der Waals surface area (Å²) in [5, 5.41) is 10.2. The molecule has 2 aromatic carbocycles. The van der Waals surface area contributed by atoms with E-state index in [1.54, 1.807) is 0 Å².